The van der Waals surface area contributed by atoms with Crippen molar-refractivity contribution in [3.05, 3.63) is 21.9 Å². The molecule has 1 aromatic heterocycles. The number of hydrogen-bond acceptors (Lipinski definition) is 3. The quantitative estimate of drug-likeness (QED) is 0.657. The largest absolute Gasteiger partial charge is 0.373 e. The van der Waals surface area contributed by atoms with Crippen molar-refractivity contribution < 1.29 is 4.74 Å². The van der Waals surface area contributed by atoms with Crippen molar-refractivity contribution in [1.29, 1.82) is 0 Å². The Morgan fingerprint density at radius 3 is 2.89 bits per heavy atom. The van der Waals surface area contributed by atoms with E-state index in [0.717, 1.165) is 38.5 Å². The van der Waals surface area contributed by atoms with Gasteiger partial charge < -0.3 is 15.4 Å². The van der Waals surface area contributed by atoms with Crippen molar-refractivity contribution in [2.24, 2.45) is 4.99 Å². The first-order chi connectivity index (χ1) is 9.11. The SMILES string of the molecule is CN=C(NCc1ccc(C)s1)NCC1(C)CCCO1. The summed E-state index contributed by atoms with van der Waals surface area (Å²) < 4.78 is 5.76. The molecule has 1 atom stereocenters. The van der Waals surface area contributed by atoms with Crippen LogP contribution in [0, 0.1) is 6.92 Å². The van der Waals surface area contributed by atoms with Crippen LogP contribution in [0.25, 0.3) is 0 Å². The lowest BCUT2D eigenvalue weighted by atomic mass is 10.0. The molecule has 1 aliphatic heterocycles. The van der Waals surface area contributed by atoms with Gasteiger partial charge in [0.1, 0.15) is 0 Å². The van der Waals surface area contributed by atoms with Crippen LogP contribution in [0.2, 0.25) is 0 Å². The molecular weight excluding hydrogens is 258 g/mol. The van der Waals surface area contributed by atoms with E-state index < -0.39 is 0 Å². The number of nitrogens with zero attached hydrogens (tertiary/aromatic N) is 1. The summed E-state index contributed by atoms with van der Waals surface area (Å²) in [5, 5.41) is 6.68. The fourth-order valence-corrected chi connectivity index (χ4v) is 3.05. The molecule has 0 bridgehead atoms. The second kappa shape index (κ2) is 6.39. The van der Waals surface area contributed by atoms with Crippen molar-refractivity contribution in [3.8, 4) is 0 Å². The highest BCUT2D eigenvalue weighted by Gasteiger charge is 2.29. The highest BCUT2D eigenvalue weighted by molar-refractivity contribution is 7.11. The third-order valence-corrected chi connectivity index (χ3v) is 4.38. The monoisotopic (exact) mass is 281 g/mol. The van der Waals surface area contributed by atoms with Crippen LogP contribution >= 0.6 is 11.3 Å². The molecule has 1 saturated heterocycles. The number of thiophene rings is 1. The zero-order valence-corrected chi connectivity index (χ0v) is 12.8. The average molecular weight is 281 g/mol. The van der Waals surface area contributed by atoms with Crippen LogP contribution in [0.4, 0.5) is 0 Å². The predicted octanol–water partition coefficient (Wildman–Crippen LogP) is 2.29. The molecule has 1 aromatic rings. The van der Waals surface area contributed by atoms with E-state index in [0.29, 0.717) is 0 Å². The molecule has 0 amide bonds. The third-order valence-electron chi connectivity index (χ3n) is 3.38. The van der Waals surface area contributed by atoms with E-state index in [1.807, 2.05) is 11.3 Å². The summed E-state index contributed by atoms with van der Waals surface area (Å²) in [6.07, 6.45) is 2.26. The van der Waals surface area contributed by atoms with Crippen molar-refractivity contribution >= 4 is 17.3 Å². The van der Waals surface area contributed by atoms with Gasteiger partial charge >= 0.3 is 0 Å². The first-order valence-corrected chi connectivity index (χ1v) is 7.57. The maximum Gasteiger partial charge on any atom is 0.191 e. The van der Waals surface area contributed by atoms with E-state index in [9.17, 15) is 0 Å². The molecule has 0 aliphatic carbocycles. The minimum absolute atomic E-state index is 0.0445. The van der Waals surface area contributed by atoms with E-state index in [4.69, 9.17) is 4.74 Å². The fourth-order valence-electron chi connectivity index (χ4n) is 2.22. The molecule has 5 heteroatoms. The lowest BCUT2D eigenvalue weighted by molar-refractivity contribution is 0.0243. The Labute approximate surface area is 119 Å². The topological polar surface area (TPSA) is 45.7 Å². The number of aliphatic imine (C=N–C) groups is 1. The highest BCUT2D eigenvalue weighted by Crippen LogP contribution is 2.23. The fraction of sp³-hybridized carbons (Fsp3) is 0.643. The average Bonchev–Trinajstić information content (AvgIpc) is 2.99. The molecule has 1 aliphatic rings. The summed E-state index contributed by atoms with van der Waals surface area (Å²) in [4.78, 5) is 6.91. The molecule has 0 saturated carbocycles. The maximum absolute atomic E-state index is 5.76. The lowest BCUT2D eigenvalue weighted by Gasteiger charge is -2.24. The molecule has 0 aromatic carbocycles. The standard InChI is InChI=1S/C14H23N3OS/c1-11-5-6-12(19-11)9-16-13(15-3)17-10-14(2)7-4-8-18-14/h5-6H,4,7-10H2,1-3H3,(H2,15,16,17). The molecule has 106 valence electrons. The van der Waals surface area contributed by atoms with Gasteiger partial charge in [-0.05, 0) is 38.8 Å². The van der Waals surface area contributed by atoms with Gasteiger partial charge in [0.15, 0.2) is 5.96 Å². The van der Waals surface area contributed by atoms with E-state index in [2.05, 4.69) is 41.6 Å². The zero-order valence-electron chi connectivity index (χ0n) is 12.0. The van der Waals surface area contributed by atoms with Gasteiger partial charge in [0, 0.05) is 30.0 Å². The van der Waals surface area contributed by atoms with Gasteiger partial charge in [-0.3, -0.25) is 4.99 Å². The van der Waals surface area contributed by atoms with Gasteiger partial charge in [0.2, 0.25) is 0 Å². The first kappa shape index (κ1) is 14.3. The number of rotatable bonds is 4. The third kappa shape index (κ3) is 4.21. The van der Waals surface area contributed by atoms with Crippen molar-refractivity contribution in [2.45, 2.75) is 38.8 Å². The molecule has 2 heterocycles. The smallest absolute Gasteiger partial charge is 0.191 e. The van der Waals surface area contributed by atoms with E-state index in [1.54, 1.807) is 7.05 Å². The van der Waals surface area contributed by atoms with Crippen molar-refractivity contribution in [3.63, 3.8) is 0 Å². The van der Waals surface area contributed by atoms with Gasteiger partial charge in [-0.2, -0.15) is 0 Å². The normalized spacial score (nSPS) is 23.6. The van der Waals surface area contributed by atoms with Gasteiger partial charge in [-0.15, -0.1) is 11.3 Å². The van der Waals surface area contributed by atoms with Crippen LogP contribution in [0.3, 0.4) is 0 Å². The molecule has 4 nitrogen and oxygen atoms in total. The Bertz CT molecular complexity index is 436. The number of guanidine groups is 1. The summed E-state index contributed by atoms with van der Waals surface area (Å²) in [5.41, 5.74) is -0.0445. The van der Waals surface area contributed by atoms with Gasteiger partial charge in [0.05, 0.1) is 12.1 Å². The van der Waals surface area contributed by atoms with Gasteiger partial charge in [0.25, 0.3) is 0 Å². The molecule has 1 fully saturated rings. The minimum atomic E-state index is -0.0445. The molecule has 0 spiro atoms. The molecule has 19 heavy (non-hydrogen) atoms. The van der Waals surface area contributed by atoms with E-state index in [1.165, 1.54) is 9.75 Å². The Morgan fingerprint density at radius 1 is 1.47 bits per heavy atom. The first-order valence-electron chi connectivity index (χ1n) is 6.75. The van der Waals surface area contributed by atoms with Crippen LogP contribution in [0.15, 0.2) is 17.1 Å². The zero-order chi connectivity index (χ0) is 13.7. The number of hydrogen-bond donors (Lipinski definition) is 2. The Hall–Kier alpha value is -1.07. The van der Waals surface area contributed by atoms with Crippen LogP contribution in [-0.4, -0.2) is 31.8 Å². The summed E-state index contributed by atoms with van der Waals surface area (Å²) in [6.45, 7) is 6.77. The minimum Gasteiger partial charge on any atom is -0.373 e. The molecule has 0 radical (unpaired) electrons. The number of ether oxygens (including phenoxy) is 1. The maximum atomic E-state index is 5.76. The summed E-state index contributed by atoms with van der Waals surface area (Å²) in [6, 6.07) is 4.30. The van der Waals surface area contributed by atoms with Crippen molar-refractivity contribution in [2.75, 3.05) is 20.2 Å². The molecule has 2 N–H and O–H groups in total. The highest BCUT2D eigenvalue weighted by atomic mass is 32.1. The van der Waals surface area contributed by atoms with Crippen LogP contribution < -0.4 is 10.6 Å². The Balaban J connectivity index is 1.77. The van der Waals surface area contributed by atoms with Gasteiger partial charge in [-0.25, -0.2) is 0 Å². The van der Waals surface area contributed by atoms with E-state index in [-0.39, 0.29) is 5.60 Å². The second-order valence-corrected chi connectivity index (χ2v) is 6.57. The molecular formula is C14H23N3OS. The molecule has 1 unspecified atom stereocenters. The lowest BCUT2D eigenvalue weighted by Crippen LogP contribution is -2.45. The number of aryl methyl sites for hydroxylation is 1. The van der Waals surface area contributed by atoms with Gasteiger partial charge in [-0.1, -0.05) is 0 Å². The Morgan fingerprint density at radius 2 is 2.32 bits per heavy atom. The van der Waals surface area contributed by atoms with Crippen LogP contribution in [0.5, 0.6) is 0 Å². The van der Waals surface area contributed by atoms with Crippen LogP contribution in [0.1, 0.15) is 29.5 Å². The second-order valence-electron chi connectivity index (χ2n) is 5.19. The molecule has 2 rings (SSSR count). The summed E-state index contributed by atoms with van der Waals surface area (Å²) in [5.74, 6) is 0.836. The summed E-state index contributed by atoms with van der Waals surface area (Å²) >= 11 is 1.81. The number of nitrogens with one attached hydrogen (secondary N) is 2. The summed E-state index contributed by atoms with van der Waals surface area (Å²) in [7, 11) is 1.80. The van der Waals surface area contributed by atoms with Crippen LogP contribution in [-0.2, 0) is 11.3 Å². The predicted molar refractivity (Wildman–Crippen MR) is 80.8 cm³/mol. The van der Waals surface area contributed by atoms with Crippen molar-refractivity contribution in [1.82, 2.24) is 10.6 Å². The Kier molecular flexibility index (Phi) is 4.82. The van der Waals surface area contributed by atoms with E-state index >= 15 is 0 Å².